The van der Waals surface area contributed by atoms with E-state index in [1.807, 2.05) is 51.1 Å². The molecule has 1 aromatic carbocycles. The predicted molar refractivity (Wildman–Crippen MR) is 105 cm³/mol. The fraction of sp³-hybridized carbons (Fsp3) is 0.600. The maximum Gasteiger partial charge on any atom is 0.407 e. The Morgan fingerprint density at radius 2 is 1.82 bits per heavy atom. The van der Waals surface area contributed by atoms with Crippen molar-refractivity contribution in [2.24, 2.45) is 0 Å². The number of nitrogens with zero attached hydrogens (tertiary/aromatic N) is 1. The fourth-order valence-corrected chi connectivity index (χ4v) is 2.71. The number of carbonyl (C=O) groups is 2. The molecule has 1 atom stereocenters. The van der Waals surface area contributed by atoms with Crippen LogP contribution in [0.2, 0.25) is 0 Å². The standard InChI is InChI=1S/C20H31N3O5/c1-20(2,3)28-19(25)22-17(14-23-9-11-26-12-10-23)13-21-18(24)27-15-16-7-5-4-6-8-16/h4-8,17H,9-15H2,1-3H3,(H,21,24)(H,22,25)/t17-/m0/s1. The summed E-state index contributed by atoms with van der Waals surface area (Å²) in [5.74, 6) is 0. The Morgan fingerprint density at radius 1 is 1.14 bits per heavy atom. The van der Waals surface area contributed by atoms with Gasteiger partial charge in [0, 0.05) is 26.2 Å². The van der Waals surface area contributed by atoms with Crippen LogP contribution in [0.25, 0.3) is 0 Å². The van der Waals surface area contributed by atoms with Crippen molar-refractivity contribution >= 4 is 12.2 Å². The Balaban J connectivity index is 1.82. The second-order valence-electron chi connectivity index (χ2n) is 7.70. The van der Waals surface area contributed by atoms with Crippen LogP contribution >= 0.6 is 0 Å². The van der Waals surface area contributed by atoms with Crippen LogP contribution in [0.1, 0.15) is 26.3 Å². The molecule has 8 nitrogen and oxygen atoms in total. The largest absolute Gasteiger partial charge is 0.445 e. The molecule has 0 spiro atoms. The third-order valence-corrected chi connectivity index (χ3v) is 4.01. The summed E-state index contributed by atoms with van der Waals surface area (Å²) in [6.07, 6.45) is -1.04. The van der Waals surface area contributed by atoms with Crippen molar-refractivity contribution in [3.05, 3.63) is 35.9 Å². The zero-order valence-electron chi connectivity index (χ0n) is 16.9. The zero-order valence-corrected chi connectivity index (χ0v) is 16.9. The first-order valence-electron chi connectivity index (χ1n) is 9.56. The van der Waals surface area contributed by atoms with Crippen LogP contribution in [0.15, 0.2) is 30.3 Å². The van der Waals surface area contributed by atoms with Gasteiger partial charge in [-0.05, 0) is 26.3 Å². The molecule has 1 aromatic rings. The Labute approximate surface area is 166 Å². The van der Waals surface area contributed by atoms with Gasteiger partial charge >= 0.3 is 12.2 Å². The number of carbonyl (C=O) groups excluding carboxylic acids is 2. The van der Waals surface area contributed by atoms with Gasteiger partial charge in [0.25, 0.3) is 0 Å². The quantitative estimate of drug-likeness (QED) is 0.738. The van der Waals surface area contributed by atoms with E-state index in [9.17, 15) is 9.59 Å². The number of benzene rings is 1. The first-order valence-corrected chi connectivity index (χ1v) is 9.56. The first kappa shape index (κ1) is 22.0. The molecule has 156 valence electrons. The molecule has 0 unspecified atom stereocenters. The fourth-order valence-electron chi connectivity index (χ4n) is 2.71. The number of morpholine rings is 1. The molecule has 1 saturated heterocycles. The molecule has 2 amide bonds. The van der Waals surface area contributed by atoms with E-state index in [1.165, 1.54) is 0 Å². The lowest BCUT2D eigenvalue weighted by atomic mass is 10.2. The first-order chi connectivity index (χ1) is 13.3. The van der Waals surface area contributed by atoms with E-state index in [4.69, 9.17) is 14.2 Å². The molecule has 0 aromatic heterocycles. The molecule has 0 bridgehead atoms. The number of hydrogen-bond donors (Lipinski definition) is 2. The van der Waals surface area contributed by atoms with Crippen LogP contribution in [0.4, 0.5) is 9.59 Å². The number of alkyl carbamates (subject to hydrolysis) is 2. The number of amides is 2. The topological polar surface area (TPSA) is 89.1 Å². The summed E-state index contributed by atoms with van der Waals surface area (Å²) in [6.45, 7) is 9.33. The van der Waals surface area contributed by atoms with E-state index in [-0.39, 0.29) is 19.2 Å². The van der Waals surface area contributed by atoms with Crippen LogP contribution in [0.5, 0.6) is 0 Å². The smallest absolute Gasteiger partial charge is 0.407 e. The lowest BCUT2D eigenvalue weighted by Crippen LogP contribution is -2.52. The van der Waals surface area contributed by atoms with E-state index in [2.05, 4.69) is 15.5 Å². The summed E-state index contributed by atoms with van der Waals surface area (Å²) in [7, 11) is 0. The predicted octanol–water partition coefficient (Wildman–Crippen LogP) is 2.14. The van der Waals surface area contributed by atoms with Crippen molar-refractivity contribution < 1.29 is 23.8 Å². The third kappa shape index (κ3) is 9.05. The molecule has 1 heterocycles. The average molecular weight is 393 g/mol. The number of ether oxygens (including phenoxy) is 3. The van der Waals surface area contributed by atoms with Gasteiger partial charge in [0.15, 0.2) is 0 Å². The van der Waals surface area contributed by atoms with Crippen molar-refractivity contribution in [1.82, 2.24) is 15.5 Å². The molecular formula is C20H31N3O5. The van der Waals surface area contributed by atoms with Crippen molar-refractivity contribution in [2.75, 3.05) is 39.4 Å². The Morgan fingerprint density at radius 3 is 2.46 bits per heavy atom. The average Bonchev–Trinajstić information content (AvgIpc) is 2.64. The van der Waals surface area contributed by atoms with Crippen LogP contribution in [-0.2, 0) is 20.8 Å². The SMILES string of the molecule is CC(C)(C)OC(=O)N[C@@H](CNC(=O)OCc1ccccc1)CN1CCOCC1. The molecular weight excluding hydrogens is 362 g/mol. The molecule has 0 saturated carbocycles. The van der Waals surface area contributed by atoms with Gasteiger partial charge in [-0.2, -0.15) is 0 Å². The molecule has 2 N–H and O–H groups in total. The summed E-state index contributed by atoms with van der Waals surface area (Å²) in [5, 5.41) is 5.56. The van der Waals surface area contributed by atoms with Gasteiger partial charge in [0.2, 0.25) is 0 Å². The molecule has 1 aliphatic heterocycles. The van der Waals surface area contributed by atoms with Gasteiger partial charge in [-0.1, -0.05) is 30.3 Å². The Hall–Kier alpha value is -2.32. The van der Waals surface area contributed by atoms with Crippen molar-refractivity contribution in [1.29, 1.82) is 0 Å². The lowest BCUT2D eigenvalue weighted by molar-refractivity contribution is 0.0288. The summed E-state index contributed by atoms with van der Waals surface area (Å²) in [4.78, 5) is 26.3. The minimum atomic E-state index is -0.588. The van der Waals surface area contributed by atoms with E-state index < -0.39 is 17.8 Å². The van der Waals surface area contributed by atoms with Crippen molar-refractivity contribution in [3.63, 3.8) is 0 Å². The van der Waals surface area contributed by atoms with Crippen LogP contribution < -0.4 is 10.6 Å². The second-order valence-corrected chi connectivity index (χ2v) is 7.70. The highest BCUT2D eigenvalue weighted by Crippen LogP contribution is 2.07. The third-order valence-electron chi connectivity index (χ3n) is 4.01. The van der Waals surface area contributed by atoms with Crippen molar-refractivity contribution in [3.8, 4) is 0 Å². The van der Waals surface area contributed by atoms with E-state index >= 15 is 0 Å². The zero-order chi connectivity index (χ0) is 20.4. The summed E-state index contributed by atoms with van der Waals surface area (Å²) in [5.41, 5.74) is 0.324. The highest BCUT2D eigenvalue weighted by atomic mass is 16.6. The number of hydrogen-bond acceptors (Lipinski definition) is 6. The van der Waals surface area contributed by atoms with Crippen LogP contribution in [0.3, 0.4) is 0 Å². The van der Waals surface area contributed by atoms with E-state index in [0.717, 1.165) is 18.7 Å². The molecule has 1 aliphatic rings. The molecule has 8 heteroatoms. The summed E-state index contributed by atoms with van der Waals surface area (Å²) < 4.78 is 15.9. The van der Waals surface area contributed by atoms with Gasteiger partial charge in [-0.15, -0.1) is 0 Å². The minimum absolute atomic E-state index is 0.195. The van der Waals surface area contributed by atoms with Gasteiger partial charge < -0.3 is 24.8 Å². The van der Waals surface area contributed by atoms with Crippen molar-refractivity contribution in [2.45, 2.75) is 39.0 Å². The monoisotopic (exact) mass is 393 g/mol. The minimum Gasteiger partial charge on any atom is -0.445 e. The summed E-state index contributed by atoms with van der Waals surface area (Å²) in [6, 6.07) is 9.15. The van der Waals surface area contributed by atoms with Gasteiger partial charge in [0.05, 0.1) is 19.3 Å². The van der Waals surface area contributed by atoms with E-state index in [0.29, 0.717) is 19.8 Å². The normalized spacial score (nSPS) is 16.1. The Bertz CT molecular complexity index is 612. The maximum absolute atomic E-state index is 12.1. The molecule has 0 aliphatic carbocycles. The second kappa shape index (κ2) is 10.9. The molecule has 28 heavy (non-hydrogen) atoms. The lowest BCUT2D eigenvalue weighted by Gasteiger charge is -2.31. The van der Waals surface area contributed by atoms with Gasteiger partial charge in [-0.25, -0.2) is 9.59 Å². The number of rotatable bonds is 7. The van der Waals surface area contributed by atoms with E-state index in [1.54, 1.807) is 0 Å². The highest BCUT2D eigenvalue weighted by Gasteiger charge is 2.23. The molecule has 1 fully saturated rings. The highest BCUT2D eigenvalue weighted by molar-refractivity contribution is 5.69. The molecule has 2 rings (SSSR count). The molecule has 0 radical (unpaired) electrons. The Kier molecular flexibility index (Phi) is 8.53. The maximum atomic E-state index is 12.1. The summed E-state index contributed by atoms with van der Waals surface area (Å²) >= 11 is 0. The van der Waals surface area contributed by atoms with Gasteiger partial charge in [0.1, 0.15) is 12.2 Å². The van der Waals surface area contributed by atoms with Gasteiger partial charge in [-0.3, -0.25) is 4.90 Å². The van der Waals surface area contributed by atoms with Crippen LogP contribution in [-0.4, -0.2) is 68.1 Å². The number of nitrogens with one attached hydrogen (secondary N) is 2. The van der Waals surface area contributed by atoms with Crippen LogP contribution in [0, 0.1) is 0 Å².